The number of benzene rings is 1. The predicted octanol–water partition coefficient (Wildman–Crippen LogP) is 6.10. The van der Waals surface area contributed by atoms with Crippen LogP contribution in [0.15, 0.2) is 48.8 Å². The summed E-state index contributed by atoms with van der Waals surface area (Å²) in [7, 11) is 0. The summed E-state index contributed by atoms with van der Waals surface area (Å²) in [6, 6.07) is 8.28. The number of aromatic nitrogens is 1. The van der Waals surface area contributed by atoms with Crippen LogP contribution in [0, 0.1) is 0 Å². The molecule has 0 atom stereocenters. The Morgan fingerprint density at radius 2 is 1.79 bits per heavy atom. The standard InChI is InChI=1S/C22H27F3N2O/c1-2-3-4-5-6-7-14-27(17-18-10-9-13-26-16-18)21(28)19-11-8-12-20(15-19)22(23,24)25/h8-13,15-16H,2-7,14,17H2,1H3. The zero-order valence-electron chi connectivity index (χ0n) is 16.2. The zero-order chi connectivity index (χ0) is 20.4. The molecule has 28 heavy (non-hydrogen) atoms. The molecule has 0 aliphatic rings. The maximum absolute atomic E-state index is 13.0. The van der Waals surface area contributed by atoms with Crippen LogP contribution in [0.2, 0.25) is 0 Å². The lowest BCUT2D eigenvalue weighted by Gasteiger charge is -2.23. The topological polar surface area (TPSA) is 33.2 Å². The molecule has 3 nitrogen and oxygen atoms in total. The minimum absolute atomic E-state index is 0.0599. The Bertz CT molecular complexity index is 732. The Hall–Kier alpha value is -2.37. The van der Waals surface area contributed by atoms with Crippen LogP contribution >= 0.6 is 0 Å². The van der Waals surface area contributed by atoms with E-state index in [1.165, 1.54) is 31.4 Å². The van der Waals surface area contributed by atoms with Crippen LogP contribution in [0.5, 0.6) is 0 Å². The molecule has 1 aromatic carbocycles. The van der Waals surface area contributed by atoms with Gasteiger partial charge in [-0.1, -0.05) is 51.2 Å². The molecule has 0 fully saturated rings. The van der Waals surface area contributed by atoms with Crippen LogP contribution in [-0.2, 0) is 12.7 Å². The van der Waals surface area contributed by atoms with Crippen molar-refractivity contribution in [3.05, 3.63) is 65.5 Å². The third kappa shape index (κ3) is 6.98. The number of hydrogen-bond acceptors (Lipinski definition) is 2. The fourth-order valence-corrected chi connectivity index (χ4v) is 3.06. The predicted molar refractivity (Wildman–Crippen MR) is 104 cm³/mol. The first-order valence-corrected chi connectivity index (χ1v) is 9.77. The number of alkyl halides is 3. The zero-order valence-corrected chi connectivity index (χ0v) is 16.2. The fraction of sp³-hybridized carbons (Fsp3) is 0.455. The van der Waals surface area contributed by atoms with Crippen LogP contribution in [0.25, 0.3) is 0 Å². The van der Waals surface area contributed by atoms with Gasteiger partial charge >= 0.3 is 6.18 Å². The van der Waals surface area contributed by atoms with Crippen molar-refractivity contribution in [2.45, 2.75) is 58.2 Å². The summed E-state index contributed by atoms with van der Waals surface area (Å²) in [6.07, 6.45) is 5.32. The molecule has 0 radical (unpaired) electrons. The number of rotatable bonds is 10. The van der Waals surface area contributed by atoms with E-state index in [-0.39, 0.29) is 11.5 Å². The average Bonchev–Trinajstić information content (AvgIpc) is 2.69. The van der Waals surface area contributed by atoms with E-state index in [0.29, 0.717) is 13.1 Å². The van der Waals surface area contributed by atoms with Crippen molar-refractivity contribution in [2.24, 2.45) is 0 Å². The van der Waals surface area contributed by atoms with Crippen molar-refractivity contribution in [3.8, 4) is 0 Å². The lowest BCUT2D eigenvalue weighted by Crippen LogP contribution is -2.31. The van der Waals surface area contributed by atoms with Crippen molar-refractivity contribution in [1.82, 2.24) is 9.88 Å². The van der Waals surface area contributed by atoms with E-state index in [9.17, 15) is 18.0 Å². The molecule has 0 aliphatic heterocycles. The van der Waals surface area contributed by atoms with Gasteiger partial charge in [0.1, 0.15) is 0 Å². The Morgan fingerprint density at radius 1 is 1.04 bits per heavy atom. The molecule has 1 aromatic heterocycles. The van der Waals surface area contributed by atoms with Crippen molar-refractivity contribution in [1.29, 1.82) is 0 Å². The van der Waals surface area contributed by atoms with Crippen LogP contribution in [0.4, 0.5) is 13.2 Å². The van der Waals surface area contributed by atoms with Gasteiger partial charge in [0.2, 0.25) is 0 Å². The molecule has 1 amide bonds. The number of nitrogens with zero attached hydrogens (tertiary/aromatic N) is 2. The minimum Gasteiger partial charge on any atom is -0.334 e. The van der Waals surface area contributed by atoms with Gasteiger partial charge in [-0.05, 0) is 36.2 Å². The molecule has 0 N–H and O–H groups in total. The number of amides is 1. The normalized spacial score (nSPS) is 11.4. The molecule has 152 valence electrons. The Kier molecular flexibility index (Phi) is 8.48. The summed E-state index contributed by atoms with van der Waals surface area (Å²) < 4.78 is 39.0. The van der Waals surface area contributed by atoms with Gasteiger partial charge in [0.25, 0.3) is 5.91 Å². The first-order valence-electron chi connectivity index (χ1n) is 9.77. The lowest BCUT2D eigenvalue weighted by molar-refractivity contribution is -0.137. The second-order valence-corrected chi connectivity index (χ2v) is 6.93. The molecule has 2 aromatic rings. The van der Waals surface area contributed by atoms with E-state index in [0.717, 1.165) is 37.0 Å². The lowest BCUT2D eigenvalue weighted by atomic mass is 10.1. The van der Waals surface area contributed by atoms with Crippen LogP contribution < -0.4 is 0 Å². The summed E-state index contributed by atoms with van der Waals surface area (Å²) in [5, 5.41) is 0. The Labute approximate surface area is 164 Å². The Morgan fingerprint density at radius 3 is 2.46 bits per heavy atom. The summed E-state index contributed by atoms with van der Waals surface area (Å²) in [6.45, 7) is 3.00. The monoisotopic (exact) mass is 392 g/mol. The summed E-state index contributed by atoms with van der Waals surface area (Å²) in [4.78, 5) is 18.6. The highest BCUT2D eigenvalue weighted by molar-refractivity contribution is 5.94. The molecule has 0 unspecified atom stereocenters. The molecule has 2 rings (SSSR count). The van der Waals surface area contributed by atoms with Crippen LogP contribution in [0.3, 0.4) is 0 Å². The number of unbranched alkanes of at least 4 members (excludes halogenated alkanes) is 5. The smallest absolute Gasteiger partial charge is 0.334 e. The van der Waals surface area contributed by atoms with E-state index in [2.05, 4.69) is 11.9 Å². The molecular weight excluding hydrogens is 365 g/mol. The van der Waals surface area contributed by atoms with Gasteiger partial charge in [-0.3, -0.25) is 9.78 Å². The minimum atomic E-state index is -4.47. The number of carbonyl (C=O) groups excluding carboxylic acids is 1. The number of hydrogen-bond donors (Lipinski definition) is 0. The quantitative estimate of drug-likeness (QED) is 0.458. The summed E-state index contributed by atoms with van der Waals surface area (Å²) in [5.74, 6) is -0.386. The SMILES string of the molecule is CCCCCCCCN(Cc1cccnc1)C(=O)c1cccc(C(F)(F)F)c1. The van der Waals surface area contributed by atoms with E-state index in [1.54, 1.807) is 23.4 Å². The highest BCUT2D eigenvalue weighted by Crippen LogP contribution is 2.30. The van der Waals surface area contributed by atoms with Crippen molar-refractivity contribution < 1.29 is 18.0 Å². The third-order valence-corrected chi connectivity index (χ3v) is 4.60. The molecule has 0 saturated carbocycles. The van der Waals surface area contributed by atoms with Gasteiger partial charge in [0, 0.05) is 31.0 Å². The maximum atomic E-state index is 13.0. The number of halogens is 3. The van der Waals surface area contributed by atoms with Gasteiger partial charge in [0.15, 0.2) is 0 Å². The molecule has 0 aliphatic carbocycles. The van der Waals surface area contributed by atoms with Crippen LogP contribution in [-0.4, -0.2) is 22.3 Å². The van der Waals surface area contributed by atoms with E-state index < -0.39 is 11.7 Å². The van der Waals surface area contributed by atoms with E-state index >= 15 is 0 Å². The highest BCUT2D eigenvalue weighted by atomic mass is 19.4. The van der Waals surface area contributed by atoms with E-state index in [1.807, 2.05) is 6.07 Å². The van der Waals surface area contributed by atoms with Crippen molar-refractivity contribution in [2.75, 3.05) is 6.54 Å². The molecular formula is C22H27F3N2O. The van der Waals surface area contributed by atoms with Crippen molar-refractivity contribution in [3.63, 3.8) is 0 Å². The fourth-order valence-electron chi connectivity index (χ4n) is 3.06. The van der Waals surface area contributed by atoms with E-state index in [4.69, 9.17) is 0 Å². The molecule has 0 bridgehead atoms. The summed E-state index contributed by atoms with van der Waals surface area (Å²) in [5.41, 5.74) is 0.109. The Balaban J connectivity index is 2.09. The van der Waals surface area contributed by atoms with Crippen LogP contribution in [0.1, 0.15) is 66.9 Å². The van der Waals surface area contributed by atoms with Gasteiger partial charge in [0.05, 0.1) is 5.56 Å². The molecule has 1 heterocycles. The number of carbonyl (C=O) groups is 1. The molecule has 0 spiro atoms. The first-order chi connectivity index (χ1) is 13.4. The summed E-state index contributed by atoms with van der Waals surface area (Å²) >= 11 is 0. The largest absolute Gasteiger partial charge is 0.416 e. The highest BCUT2D eigenvalue weighted by Gasteiger charge is 2.31. The van der Waals surface area contributed by atoms with Gasteiger partial charge in [-0.2, -0.15) is 13.2 Å². The van der Waals surface area contributed by atoms with Gasteiger partial charge in [-0.25, -0.2) is 0 Å². The average molecular weight is 392 g/mol. The van der Waals surface area contributed by atoms with Gasteiger partial charge in [-0.15, -0.1) is 0 Å². The van der Waals surface area contributed by atoms with Crippen molar-refractivity contribution >= 4 is 5.91 Å². The second kappa shape index (κ2) is 10.8. The molecule has 6 heteroatoms. The molecule has 0 saturated heterocycles. The first kappa shape index (κ1) is 21.9. The third-order valence-electron chi connectivity index (χ3n) is 4.60. The van der Waals surface area contributed by atoms with Gasteiger partial charge < -0.3 is 4.90 Å². The number of pyridine rings is 1. The second-order valence-electron chi connectivity index (χ2n) is 6.93. The maximum Gasteiger partial charge on any atom is 0.416 e.